The number of allylic oxidation sites excluding steroid dienone is 1. The summed E-state index contributed by atoms with van der Waals surface area (Å²) in [6.07, 6.45) is 0.384. The number of Topliss-reactive ketones (excluding diaryl/α,β-unsaturated/α-hetero) is 1. The third kappa shape index (κ3) is 2.97. The second-order valence-corrected chi connectivity index (χ2v) is 7.46. The highest BCUT2D eigenvalue weighted by molar-refractivity contribution is 6.00. The van der Waals surface area contributed by atoms with Crippen molar-refractivity contribution >= 4 is 11.8 Å². The number of hydrogen-bond acceptors (Lipinski definition) is 4. The molecule has 0 spiro atoms. The third-order valence-corrected chi connectivity index (χ3v) is 4.72. The predicted octanol–water partition coefficient (Wildman–Crippen LogP) is 3.68. The van der Waals surface area contributed by atoms with E-state index in [-0.39, 0.29) is 17.1 Å². The van der Waals surface area contributed by atoms with Gasteiger partial charge in [-0.1, -0.05) is 43.7 Å². The number of esters is 1. The SMILES string of the molecule is CCOC(=O)[C@H]1OC2=C(C(=O)CC(C)(C)C2)[C@@H]1c1ccc(C)cc1. The molecule has 4 nitrogen and oxygen atoms in total. The van der Waals surface area contributed by atoms with E-state index in [0.29, 0.717) is 30.8 Å². The van der Waals surface area contributed by atoms with Crippen LogP contribution in [-0.2, 0) is 19.1 Å². The Morgan fingerprint density at radius 1 is 1.25 bits per heavy atom. The van der Waals surface area contributed by atoms with Crippen LogP contribution in [0.25, 0.3) is 0 Å². The molecule has 1 heterocycles. The van der Waals surface area contributed by atoms with Crippen molar-refractivity contribution in [3.05, 3.63) is 46.7 Å². The molecule has 0 amide bonds. The fourth-order valence-corrected chi connectivity index (χ4v) is 3.63. The first-order valence-corrected chi connectivity index (χ1v) is 8.48. The highest BCUT2D eigenvalue weighted by Crippen LogP contribution is 2.49. The molecule has 0 bridgehead atoms. The molecule has 0 aromatic heterocycles. The zero-order valence-electron chi connectivity index (χ0n) is 14.7. The molecule has 2 atom stereocenters. The predicted molar refractivity (Wildman–Crippen MR) is 90.5 cm³/mol. The lowest BCUT2D eigenvalue weighted by molar-refractivity contribution is -0.153. The minimum atomic E-state index is -0.768. The number of benzene rings is 1. The van der Waals surface area contributed by atoms with Gasteiger partial charge in [-0.25, -0.2) is 4.79 Å². The molecule has 0 unspecified atom stereocenters. The number of rotatable bonds is 3. The van der Waals surface area contributed by atoms with Crippen molar-refractivity contribution in [2.24, 2.45) is 5.41 Å². The van der Waals surface area contributed by atoms with E-state index < -0.39 is 12.1 Å². The van der Waals surface area contributed by atoms with E-state index in [2.05, 4.69) is 13.8 Å². The molecule has 0 saturated carbocycles. The van der Waals surface area contributed by atoms with Gasteiger partial charge in [0.25, 0.3) is 0 Å². The van der Waals surface area contributed by atoms with Crippen LogP contribution in [0.4, 0.5) is 0 Å². The van der Waals surface area contributed by atoms with E-state index in [9.17, 15) is 9.59 Å². The summed E-state index contributed by atoms with van der Waals surface area (Å²) < 4.78 is 11.2. The van der Waals surface area contributed by atoms with Gasteiger partial charge in [0, 0.05) is 18.4 Å². The van der Waals surface area contributed by atoms with Crippen molar-refractivity contribution in [2.45, 2.75) is 52.6 Å². The van der Waals surface area contributed by atoms with Gasteiger partial charge in [0.1, 0.15) is 5.76 Å². The Balaban J connectivity index is 2.04. The molecule has 1 aromatic rings. The van der Waals surface area contributed by atoms with Crippen molar-refractivity contribution in [3.8, 4) is 0 Å². The average Bonchev–Trinajstić information content (AvgIpc) is 2.86. The number of ether oxygens (including phenoxy) is 2. The summed E-state index contributed by atoms with van der Waals surface area (Å²) in [6.45, 7) is 8.18. The standard InChI is InChI=1S/C20H24O4/c1-5-23-19(22)18-16(13-8-6-12(2)7-9-13)17-14(21)10-20(3,4)11-15(17)24-18/h6-9,16,18H,5,10-11H2,1-4H3/t16-,18-/m0/s1. The summed E-state index contributed by atoms with van der Waals surface area (Å²) in [6, 6.07) is 7.93. The first-order chi connectivity index (χ1) is 11.3. The van der Waals surface area contributed by atoms with Gasteiger partial charge in [0.15, 0.2) is 5.78 Å². The van der Waals surface area contributed by atoms with Crippen LogP contribution < -0.4 is 0 Å². The van der Waals surface area contributed by atoms with Crippen LogP contribution >= 0.6 is 0 Å². The Morgan fingerprint density at radius 2 is 1.92 bits per heavy atom. The highest BCUT2D eigenvalue weighted by atomic mass is 16.6. The Hall–Kier alpha value is -2.10. The van der Waals surface area contributed by atoms with Crippen LogP contribution in [-0.4, -0.2) is 24.5 Å². The van der Waals surface area contributed by atoms with E-state index in [4.69, 9.17) is 9.47 Å². The summed E-state index contributed by atoms with van der Waals surface area (Å²) >= 11 is 0. The van der Waals surface area contributed by atoms with Crippen molar-refractivity contribution < 1.29 is 19.1 Å². The monoisotopic (exact) mass is 328 g/mol. The first kappa shape index (κ1) is 16.7. The lowest BCUT2D eigenvalue weighted by Gasteiger charge is -2.29. The Kier molecular flexibility index (Phi) is 4.24. The van der Waals surface area contributed by atoms with Crippen LogP contribution in [0.5, 0.6) is 0 Å². The number of aryl methyl sites for hydroxylation is 1. The Labute approximate surface area is 142 Å². The number of ketones is 1. The van der Waals surface area contributed by atoms with Crippen LogP contribution in [0, 0.1) is 12.3 Å². The normalized spacial score (nSPS) is 25.2. The fourth-order valence-electron chi connectivity index (χ4n) is 3.63. The number of carbonyl (C=O) groups is 2. The minimum absolute atomic E-state index is 0.0821. The minimum Gasteiger partial charge on any atom is -0.482 e. The van der Waals surface area contributed by atoms with Gasteiger partial charge in [-0.15, -0.1) is 0 Å². The molecule has 128 valence electrons. The Morgan fingerprint density at radius 3 is 2.54 bits per heavy atom. The quantitative estimate of drug-likeness (QED) is 0.794. The molecule has 0 saturated heterocycles. The summed E-state index contributed by atoms with van der Waals surface area (Å²) in [7, 11) is 0. The molecular formula is C20H24O4. The van der Waals surface area contributed by atoms with Gasteiger partial charge in [-0.05, 0) is 24.8 Å². The van der Waals surface area contributed by atoms with Gasteiger partial charge in [-0.3, -0.25) is 4.79 Å². The van der Waals surface area contributed by atoms with Crippen molar-refractivity contribution in [1.29, 1.82) is 0 Å². The van der Waals surface area contributed by atoms with Gasteiger partial charge in [0.05, 0.1) is 12.5 Å². The van der Waals surface area contributed by atoms with Crippen LogP contribution in [0.2, 0.25) is 0 Å². The molecule has 1 aromatic carbocycles. The number of carbonyl (C=O) groups excluding carboxylic acids is 2. The average molecular weight is 328 g/mol. The summed E-state index contributed by atoms with van der Waals surface area (Å²) in [5.41, 5.74) is 2.58. The van der Waals surface area contributed by atoms with E-state index >= 15 is 0 Å². The summed E-state index contributed by atoms with van der Waals surface area (Å²) in [4.78, 5) is 25.2. The molecule has 0 radical (unpaired) electrons. The first-order valence-electron chi connectivity index (χ1n) is 8.48. The molecule has 3 rings (SSSR count). The topological polar surface area (TPSA) is 52.6 Å². The Bertz CT molecular complexity index is 697. The maximum atomic E-state index is 12.8. The molecule has 1 aliphatic carbocycles. The van der Waals surface area contributed by atoms with Crippen molar-refractivity contribution in [2.75, 3.05) is 6.61 Å². The molecular weight excluding hydrogens is 304 g/mol. The van der Waals surface area contributed by atoms with E-state index in [0.717, 1.165) is 11.1 Å². The zero-order valence-corrected chi connectivity index (χ0v) is 14.7. The maximum Gasteiger partial charge on any atom is 0.348 e. The van der Waals surface area contributed by atoms with E-state index in [1.807, 2.05) is 31.2 Å². The summed E-state index contributed by atoms with van der Waals surface area (Å²) in [5, 5.41) is 0. The number of hydrogen-bond donors (Lipinski definition) is 0. The van der Waals surface area contributed by atoms with Crippen LogP contribution in [0.3, 0.4) is 0 Å². The van der Waals surface area contributed by atoms with E-state index in [1.165, 1.54) is 0 Å². The smallest absolute Gasteiger partial charge is 0.348 e. The van der Waals surface area contributed by atoms with Gasteiger partial charge >= 0.3 is 5.97 Å². The molecule has 1 aliphatic heterocycles. The van der Waals surface area contributed by atoms with Gasteiger partial charge in [0.2, 0.25) is 6.10 Å². The molecule has 0 N–H and O–H groups in total. The lowest BCUT2D eigenvalue weighted by atomic mass is 9.73. The lowest BCUT2D eigenvalue weighted by Crippen LogP contribution is -2.30. The molecule has 24 heavy (non-hydrogen) atoms. The fraction of sp³-hybridized carbons (Fsp3) is 0.500. The van der Waals surface area contributed by atoms with Crippen LogP contribution in [0.1, 0.15) is 50.7 Å². The summed E-state index contributed by atoms with van der Waals surface area (Å²) in [5.74, 6) is -0.0233. The zero-order chi connectivity index (χ0) is 17.5. The van der Waals surface area contributed by atoms with Crippen molar-refractivity contribution in [3.63, 3.8) is 0 Å². The third-order valence-electron chi connectivity index (χ3n) is 4.72. The second kappa shape index (κ2) is 6.08. The van der Waals surface area contributed by atoms with Gasteiger partial charge < -0.3 is 9.47 Å². The maximum absolute atomic E-state index is 12.8. The van der Waals surface area contributed by atoms with E-state index in [1.54, 1.807) is 6.92 Å². The molecule has 0 fully saturated rings. The molecule has 2 aliphatic rings. The van der Waals surface area contributed by atoms with Crippen molar-refractivity contribution in [1.82, 2.24) is 0 Å². The largest absolute Gasteiger partial charge is 0.482 e. The molecule has 4 heteroatoms. The second-order valence-electron chi connectivity index (χ2n) is 7.46. The highest BCUT2D eigenvalue weighted by Gasteiger charge is 2.49. The van der Waals surface area contributed by atoms with Crippen LogP contribution in [0.15, 0.2) is 35.6 Å². The van der Waals surface area contributed by atoms with Gasteiger partial charge in [-0.2, -0.15) is 0 Å².